The van der Waals surface area contributed by atoms with Crippen molar-refractivity contribution in [3.05, 3.63) is 90.2 Å². The summed E-state index contributed by atoms with van der Waals surface area (Å²) in [7, 11) is 0. The Balaban J connectivity index is 1.65. The molecule has 1 aliphatic heterocycles. The van der Waals surface area contributed by atoms with Gasteiger partial charge in [0.2, 0.25) is 0 Å². The molecular formula is C22H18N4O6. The molecule has 1 fully saturated rings. The van der Waals surface area contributed by atoms with Crippen molar-refractivity contribution in [2.45, 2.75) is 38.0 Å². The summed E-state index contributed by atoms with van der Waals surface area (Å²) < 4.78 is 0. The highest BCUT2D eigenvalue weighted by Crippen LogP contribution is 2.32. The minimum Gasteiger partial charge on any atom is -0.289 e. The van der Waals surface area contributed by atoms with Gasteiger partial charge in [0.25, 0.3) is 5.91 Å². The monoisotopic (exact) mass is 434 g/mol. The molecule has 0 unspecified atom stereocenters. The van der Waals surface area contributed by atoms with E-state index in [1.807, 2.05) is 12.1 Å². The summed E-state index contributed by atoms with van der Waals surface area (Å²) in [5.41, 5.74) is -0.291. The van der Waals surface area contributed by atoms with E-state index in [-0.39, 0.29) is 16.4 Å². The van der Waals surface area contributed by atoms with Crippen LogP contribution in [0.3, 0.4) is 0 Å². The number of allylic oxidation sites excluding steroid dienone is 1. The van der Waals surface area contributed by atoms with Crippen LogP contribution in [0.15, 0.2) is 58.2 Å². The van der Waals surface area contributed by atoms with Crippen molar-refractivity contribution in [2.75, 3.05) is 0 Å². The van der Waals surface area contributed by atoms with Crippen LogP contribution in [0.1, 0.15) is 53.9 Å². The lowest BCUT2D eigenvalue weighted by Gasteiger charge is -2.21. The lowest BCUT2D eigenvalue weighted by molar-refractivity contribution is -0.422. The molecule has 0 spiro atoms. The van der Waals surface area contributed by atoms with Crippen LogP contribution in [-0.2, 0) is 4.79 Å². The highest BCUT2D eigenvalue weighted by Gasteiger charge is 2.27. The molecule has 0 bridgehead atoms. The summed E-state index contributed by atoms with van der Waals surface area (Å²) >= 11 is 0. The highest BCUT2D eigenvalue weighted by atomic mass is 16.6. The molecule has 2 aliphatic rings. The largest absolute Gasteiger partial charge is 0.348 e. The van der Waals surface area contributed by atoms with Crippen LogP contribution in [0, 0.1) is 20.2 Å². The molecule has 4 rings (SSSR count). The van der Waals surface area contributed by atoms with Crippen LogP contribution in [0.4, 0.5) is 11.4 Å². The zero-order valence-electron chi connectivity index (χ0n) is 16.9. The van der Waals surface area contributed by atoms with Gasteiger partial charge in [0.15, 0.2) is 5.78 Å². The van der Waals surface area contributed by atoms with Gasteiger partial charge in [-0.2, -0.15) is 0 Å². The number of carbonyl (C=O) groups is 2. The smallest absolute Gasteiger partial charge is 0.289 e. The summed E-state index contributed by atoms with van der Waals surface area (Å²) in [4.78, 5) is 53.0. The van der Waals surface area contributed by atoms with E-state index in [0.717, 1.165) is 31.1 Å². The molecule has 1 saturated carbocycles. The number of ketones is 1. The lowest BCUT2D eigenvalue weighted by Crippen LogP contribution is -2.32. The van der Waals surface area contributed by atoms with Gasteiger partial charge in [-0.25, -0.2) is 9.98 Å². The first-order valence-electron chi connectivity index (χ1n) is 10.1. The van der Waals surface area contributed by atoms with Crippen molar-refractivity contribution < 1.29 is 19.4 Å². The number of rotatable bonds is 5. The van der Waals surface area contributed by atoms with Crippen molar-refractivity contribution in [1.82, 2.24) is 0 Å². The Morgan fingerprint density at radius 2 is 1.47 bits per heavy atom. The maximum atomic E-state index is 12.6. The fraction of sp³-hybridized carbons (Fsp3) is 0.273. The van der Waals surface area contributed by atoms with Gasteiger partial charge in [-0.15, -0.1) is 0 Å². The summed E-state index contributed by atoms with van der Waals surface area (Å²) in [6, 6.07) is 8.96. The van der Waals surface area contributed by atoms with Gasteiger partial charge < -0.3 is 0 Å². The molecule has 10 heteroatoms. The summed E-state index contributed by atoms with van der Waals surface area (Å²) in [5, 5.41) is 22.0. The molecule has 10 nitrogen and oxygen atoms in total. The third-order valence-electron chi connectivity index (χ3n) is 5.69. The van der Waals surface area contributed by atoms with Crippen LogP contribution < -0.4 is 10.7 Å². The van der Waals surface area contributed by atoms with E-state index < -0.39 is 32.9 Å². The Hall–Kier alpha value is -4.08. The Kier molecular flexibility index (Phi) is 5.67. The van der Waals surface area contributed by atoms with Crippen LogP contribution >= 0.6 is 0 Å². The minimum absolute atomic E-state index is 0.0893. The Morgan fingerprint density at radius 1 is 0.906 bits per heavy atom. The number of nitro groups is 2. The number of hydrogen-bond acceptors (Lipinski definition) is 7. The topological polar surface area (TPSA) is 145 Å². The number of benzene rings is 2. The molecule has 32 heavy (non-hydrogen) atoms. The molecule has 0 aromatic heterocycles. The standard InChI is InChI=1S/C22H18N4O6/c27-21(15-8-6-14(7-9-15)13-4-2-1-3-5-13)12-18-22(28)24-17-11-20(26(31)32)19(25(29)30)10-16(17)23-18/h6-13H,1-5H2/b18-12-. The van der Waals surface area contributed by atoms with Gasteiger partial charge >= 0.3 is 11.4 Å². The predicted molar refractivity (Wildman–Crippen MR) is 112 cm³/mol. The van der Waals surface area contributed by atoms with E-state index in [4.69, 9.17) is 0 Å². The number of hydrogen-bond donors (Lipinski definition) is 0. The summed E-state index contributed by atoms with van der Waals surface area (Å²) in [5.74, 6) is -0.813. The second-order valence-corrected chi connectivity index (χ2v) is 7.72. The van der Waals surface area contributed by atoms with Crippen molar-refractivity contribution >= 4 is 23.1 Å². The molecule has 1 heterocycles. The molecule has 0 atom stereocenters. The second-order valence-electron chi connectivity index (χ2n) is 7.72. The molecule has 162 valence electrons. The van der Waals surface area contributed by atoms with E-state index >= 15 is 0 Å². The van der Waals surface area contributed by atoms with E-state index in [1.165, 1.54) is 24.8 Å². The van der Waals surface area contributed by atoms with Crippen LogP contribution in [-0.4, -0.2) is 21.5 Å². The summed E-state index contributed by atoms with van der Waals surface area (Å²) in [6.07, 6.45) is 6.95. The maximum Gasteiger partial charge on any atom is 0.348 e. The third kappa shape index (κ3) is 4.20. The molecule has 0 N–H and O–H groups in total. The van der Waals surface area contributed by atoms with Crippen LogP contribution in [0.2, 0.25) is 0 Å². The first-order chi connectivity index (χ1) is 15.3. The molecule has 0 radical (unpaired) electrons. The number of fused-ring (bicyclic) bond motifs is 1. The Morgan fingerprint density at radius 3 is 2.03 bits per heavy atom. The van der Waals surface area contributed by atoms with Crippen molar-refractivity contribution in [2.24, 2.45) is 9.98 Å². The Labute approximate surface area is 181 Å². The van der Waals surface area contributed by atoms with Gasteiger partial charge in [-0.3, -0.25) is 29.8 Å². The molecule has 2 aromatic carbocycles. The Bertz CT molecular complexity index is 1290. The first kappa shape index (κ1) is 21.2. The van der Waals surface area contributed by atoms with E-state index in [2.05, 4.69) is 9.98 Å². The zero-order chi connectivity index (χ0) is 22.8. The molecule has 0 saturated heterocycles. The van der Waals surface area contributed by atoms with Crippen molar-refractivity contribution in [1.29, 1.82) is 0 Å². The number of nitrogens with zero attached hydrogens (tertiary/aromatic N) is 4. The van der Waals surface area contributed by atoms with Crippen LogP contribution in [0.25, 0.3) is 0 Å². The van der Waals surface area contributed by atoms with Gasteiger partial charge in [-0.05, 0) is 24.3 Å². The lowest BCUT2D eigenvalue weighted by atomic mass is 9.84. The molecule has 1 aliphatic carbocycles. The zero-order valence-corrected chi connectivity index (χ0v) is 16.9. The van der Waals surface area contributed by atoms with Gasteiger partial charge in [-0.1, -0.05) is 43.5 Å². The molecular weight excluding hydrogens is 416 g/mol. The molecule has 1 amide bonds. The average Bonchev–Trinajstić information content (AvgIpc) is 2.79. The fourth-order valence-electron chi connectivity index (χ4n) is 4.03. The highest BCUT2D eigenvalue weighted by molar-refractivity contribution is 6.09. The number of amides is 1. The minimum atomic E-state index is -0.926. The summed E-state index contributed by atoms with van der Waals surface area (Å²) in [6.45, 7) is 0. The molecule has 2 aromatic rings. The normalized spacial score (nSPS) is 17.2. The van der Waals surface area contributed by atoms with Crippen LogP contribution in [0.5, 0.6) is 0 Å². The first-order valence-corrected chi connectivity index (χ1v) is 10.1. The van der Waals surface area contributed by atoms with E-state index in [0.29, 0.717) is 11.5 Å². The SMILES string of the molecule is O=C1N=c2cc([N+](=O)[O-])c([N+](=O)[O-])cc2=N/C1=C\C(=O)c1ccc(C2CCCCC2)cc1. The van der Waals surface area contributed by atoms with E-state index in [1.54, 1.807) is 12.1 Å². The number of carbonyl (C=O) groups excluding carboxylic acids is 2. The van der Waals surface area contributed by atoms with Crippen molar-refractivity contribution in [3.8, 4) is 0 Å². The fourth-order valence-corrected chi connectivity index (χ4v) is 4.03. The van der Waals surface area contributed by atoms with Gasteiger partial charge in [0.1, 0.15) is 11.1 Å². The van der Waals surface area contributed by atoms with Crippen molar-refractivity contribution in [3.63, 3.8) is 0 Å². The maximum absolute atomic E-state index is 12.6. The predicted octanol–water partition coefficient (Wildman–Crippen LogP) is 3.10. The number of nitro benzene ring substituents is 2. The van der Waals surface area contributed by atoms with Gasteiger partial charge in [0, 0.05) is 11.6 Å². The quantitative estimate of drug-likeness (QED) is 0.306. The average molecular weight is 434 g/mol. The third-order valence-corrected chi connectivity index (χ3v) is 5.69. The van der Waals surface area contributed by atoms with E-state index in [9.17, 15) is 29.8 Å². The second kappa shape index (κ2) is 8.58. The van der Waals surface area contributed by atoms with Gasteiger partial charge in [0.05, 0.1) is 27.3 Å².